The molecule has 78 valence electrons. The van der Waals surface area contributed by atoms with Crippen molar-refractivity contribution in [3.8, 4) is 0 Å². The molecule has 0 radical (unpaired) electrons. The van der Waals surface area contributed by atoms with E-state index in [0.717, 1.165) is 5.75 Å². The van der Waals surface area contributed by atoms with E-state index in [1.165, 1.54) is 11.3 Å². The van der Waals surface area contributed by atoms with Crippen LogP contribution in [0.2, 0.25) is 0 Å². The van der Waals surface area contributed by atoms with Gasteiger partial charge in [-0.05, 0) is 18.4 Å². The molecule has 0 aliphatic rings. The Kier molecular flexibility index (Phi) is 4.92. The molecule has 0 saturated heterocycles. The molecule has 0 spiro atoms. The Labute approximate surface area is 91.3 Å². The van der Waals surface area contributed by atoms with E-state index in [-0.39, 0.29) is 5.91 Å². The highest BCUT2D eigenvalue weighted by Gasteiger charge is 2.13. The lowest BCUT2D eigenvalue weighted by Gasteiger charge is -2.09. The number of anilines is 1. The lowest BCUT2D eigenvalue weighted by atomic mass is 10.2. The van der Waals surface area contributed by atoms with Gasteiger partial charge in [-0.15, -0.1) is 11.3 Å². The average Bonchev–Trinajstić information content (AvgIpc) is 2.66. The smallest absolute Gasteiger partial charge is 0.243 e. The zero-order valence-electron chi connectivity index (χ0n) is 7.90. The molecular weight excluding hydrogens is 218 g/mol. The first-order valence-corrected chi connectivity index (χ1v) is 6.46. The fraction of sp³-hybridized carbons (Fsp3) is 0.500. The van der Waals surface area contributed by atoms with Crippen molar-refractivity contribution in [1.29, 1.82) is 0 Å². The number of hydrogen-bond acceptors (Lipinski definition) is 5. The van der Waals surface area contributed by atoms with E-state index in [4.69, 9.17) is 5.73 Å². The molecule has 3 N–H and O–H groups in total. The molecule has 0 unspecified atom stereocenters. The molecule has 1 heterocycles. The molecule has 1 amide bonds. The molecule has 1 atom stereocenters. The van der Waals surface area contributed by atoms with Gasteiger partial charge in [0.05, 0.1) is 6.04 Å². The van der Waals surface area contributed by atoms with Crippen LogP contribution >= 0.6 is 23.1 Å². The maximum absolute atomic E-state index is 11.4. The second kappa shape index (κ2) is 6.00. The Morgan fingerprint density at radius 1 is 1.86 bits per heavy atom. The van der Waals surface area contributed by atoms with Crippen molar-refractivity contribution < 1.29 is 4.79 Å². The van der Waals surface area contributed by atoms with E-state index in [2.05, 4.69) is 10.3 Å². The number of nitrogens with one attached hydrogen (secondary N) is 1. The van der Waals surface area contributed by atoms with Crippen LogP contribution in [0.5, 0.6) is 0 Å². The number of rotatable bonds is 5. The highest BCUT2D eigenvalue weighted by Crippen LogP contribution is 2.10. The van der Waals surface area contributed by atoms with Gasteiger partial charge in [-0.1, -0.05) is 0 Å². The molecule has 0 bridgehead atoms. The van der Waals surface area contributed by atoms with Crippen molar-refractivity contribution in [2.24, 2.45) is 5.73 Å². The van der Waals surface area contributed by atoms with Crippen LogP contribution in [0.1, 0.15) is 6.42 Å². The third-order valence-corrected chi connectivity index (χ3v) is 2.96. The van der Waals surface area contributed by atoms with Gasteiger partial charge < -0.3 is 11.1 Å². The predicted octanol–water partition coefficient (Wildman–Crippen LogP) is 1.16. The molecule has 1 aromatic rings. The Bertz CT molecular complexity index is 276. The van der Waals surface area contributed by atoms with Crippen LogP contribution in [-0.2, 0) is 4.79 Å². The minimum Gasteiger partial charge on any atom is -0.320 e. The first-order chi connectivity index (χ1) is 6.74. The Balaban J connectivity index is 2.34. The van der Waals surface area contributed by atoms with Crippen molar-refractivity contribution in [1.82, 2.24) is 4.98 Å². The third kappa shape index (κ3) is 3.65. The molecular formula is C8H13N3OS2. The topological polar surface area (TPSA) is 68.0 Å². The largest absolute Gasteiger partial charge is 0.320 e. The third-order valence-electron chi connectivity index (χ3n) is 1.63. The summed E-state index contributed by atoms with van der Waals surface area (Å²) >= 11 is 3.07. The van der Waals surface area contributed by atoms with Gasteiger partial charge in [-0.25, -0.2) is 4.98 Å². The van der Waals surface area contributed by atoms with Gasteiger partial charge in [0.15, 0.2) is 5.13 Å². The lowest BCUT2D eigenvalue weighted by Crippen LogP contribution is -2.36. The van der Waals surface area contributed by atoms with Crippen molar-refractivity contribution >= 4 is 34.1 Å². The van der Waals surface area contributed by atoms with Gasteiger partial charge >= 0.3 is 0 Å². The first kappa shape index (κ1) is 11.5. The Morgan fingerprint density at radius 2 is 2.64 bits per heavy atom. The summed E-state index contributed by atoms with van der Waals surface area (Å²) in [5, 5.41) is 5.08. The molecule has 4 nitrogen and oxygen atoms in total. The number of amides is 1. The molecule has 0 aliphatic heterocycles. The second-order valence-electron chi connectivity index (χ2n) is 2.71. The number of aromatic nitrogens is 1. The molecule has 6 heteroatoms. The van der Waals surface area contributed by atoms with Crippen molar-refractivity contribution in [3.05, 3.63) is 11.6 Å². The summed E-state index contributed by atoms with van der Waals surface area (Å²) in [7, 11) is 0. The standard InChI is InChI=1S/C8H13N3OS2/c1-13-4-2-6(9)7(12)11-8-10-3-5-14-8/h3,5-6H,2,4,9H2,1H3,(H,10,11,12)/t6-/m0/s1. The summed E-state index contributed by atoms with van der Waals surface area (Å²) in [4.78, 5) is 15.4. The minimum atomic E-state index is -0.439. The van der Waals surface area contributed by atoms with Crippen molar-refractivity contribution in [2.75, 3.05) is 17.3 Å². The molecule has 0 fully saturated rings. The van der Waals surface area contributed by atoms with Gasteiger partial charge in [0.25, 0.3) is 0 Å². The zero-order valence-corrected chi connectivity index (χ0v) is 9.53. The molecule has 1 rings (SSSR count). The zero-order chi connectivity index (χ0) is 10.4. The lowest BCUT2D eigenvalue weighted by molar-refractivity contribution is -0.117. The van der Waals surface area contributed by atoms with Crippen LogP contribution in [0, 0.1) is 0 Å². The fourth-order valence-corrected chi connectivity index (χ4v) is 1.88. The highest BCUT2D eigenvalue weighted by atomic mass is 32.2. The molecule has 14 heavy (non-hydrogen) atoms. The minimum absolute atomic E-state index is 0.158. The highest BCUT2D eigenvalue weighted by molar-refractivity contribution is 7.98. The van der Waals surface area contributed by atoms with Gasteiger partial charge in [-0.3, -0.25) is 4.79 Å². The summed E-state index contributed by atoms with van der Waals surface area (Å²) in [6.07, 6.45) is 4.33. The van der Waals surface area contributed by atoms with Crippen LogP contribution in [0.25, 0.3) is 0 Å². The number of carbonyl (C=O) groups is 1. The SMILES string of the molecule is CSCC[C@H](N)C(=O)Nc1nccs1. The van der Waals surface area contributed by atoms with Crippen LogP contribution in [-0.4, -0.2) is 28.9 Å². The predicted molar refractivity (Wildman–Crippen MR) is 61.7 cm³/mol. The normalized spacial score (nSPS) is 12.4. The number of nitrogens with zero attached hydrogens (tertiary/aromatic N) is 1. The van der Waals surface area contributed by atoms with E-state index in [1.54, 1.807) is 18.0 Å². The fourth-order valence-electron chi connectivity index (χ4n) is 0.859. The summed E-state index contributed by atoms with van der Waals surface area (Å²) < 4.78 is 0. The maximum atomic E-state index is 11.4. The Hall–Kier alpha value is -0.590. The van der Waals surface area contributed by atoms with E-state index >= 15 is 0 Å². The number of thiazole rings is 1. The summed E-state index contributed by atoms with van der Waals surface area (Å²) in [5.74, 6) is 0.737. The van der Waals surface area contributed by atoms with E-state index < -0.39 is 6.04 Å². The number of carbonyl (C=O) groups excluding carboxylic acids is 1. The summed E-state index contributed by atoms with van der Waals surface area (Å²) in [6.45, 7) is 0. The summed E-state index contributed by atoms with van der Waals surface area (Å²) in [6, 6.07) is -0.439. The van der Waals surface area contributed by atoms with Crippen LogP contribution in [0.3, 0.4) is 0 Å². The second-order valence-corrected chi connectivity index (χ2v) is 4.59. The van der Waals surface area contributed by atoms with Gasteiger partial charge in [-0.2, -0.15) is 11.8 Å². The first-order valence-electron chi connectivity index (χ1n) is 4.19. The number of thioether (sulfide) groups is 1. The van der Waals surface area contributed by atoms with Crippen molar-refractivity contribution in [3.63, 3.8) is 0 Å². The molecule has 1 aromatic heterocycles. The number of hydrogen-bond donors (Lipinski definition) is 2. The van der Waals surface area contributed by atoms with Gasteiger partial charge in [0.1, 0.15) is 0 Å². The summed E-state index contributed by atoms with van der Waals surface area (Å²) in [5.41, 5.74) is 5.67. The Morgan fingerprint density at radius 3 is 3.21 bits per heavy atom. The molecule has 0 aliphatic carbocycles. The molecule has 0 saturated carbocycles. The molecule has 0 aromatic carbocycles. The van der Waals surface area contributed by atoms with Gasteiger partial charge in [0, 0.05) is 11.6 Å². The van der Waals surface area contributed by atoms with Crippen LogP contribution in [0.4, 0.5) is 5.13 Å². The van der Waals surface area contributed by atoms with Gasteiger partial charge in [0.2, 0.25) is 5.91 Å². The quantitative estimate of drug-likeness (QED) is 0.798. The van der Waals surface area contributed by atoms with Crippen molar-refractivity contribution in [2.45, 2.75) is 12.5 Å². The van der Waals surface area contributed by atoms with E-state index in [9.17, 15) is 4.79 Å². The monoisotopic (exact) mass is 231 g/mol. The maximum Gasteiger partial charge on any atom is 0.243 e. The average molecular weight is 231 g/mol. The van der Waals surface area contributed by atoms with E-state index in [0.29, 0.717) is 11.6 Å². The van der Waals surface area contributed by atoms with Crippen LogP contribution in [0.15, 0.2) is 11.6 Å². The van der Waals surface area contributed by atoms with Crippen LogP contribution < -0.4 is 11.1 Å². The van der Waals surface area contributed by atoms with E-state index in [1.807, 2.05) is 11.6 Å². The number of nitrogens with two attached hydrogens (primary N) is 1.